The molecule has 9 heteroatoms. The van der Waals surface area contributed by atoms with Crippen molar-refractivity contribution in [3.05, 3.63) is 470 Å². The third kappa shape index (κ3) is 14.5. The first-order chi connectivity index (χ1) is 67.6. The van der Waals surface area contributed by atoms with Crippen LogP contribution in [0, 0.1) is 0 Å². The fraction of sp³-hybridized carbons (Fsp3) is 0.0698. The fourth-order valence-electron chi connectivity index (χ4n) is 21.3. The number of benzene rings is 18. The minimum absolute atomic E-state index is 0.0360. The Kier molecular flexibility index (Phi) is 20.2. The number of rotatable bonds is 12. The second kappa shape index (κ2) is 33.5. The Bertz CT molecular complexity index is 7920. The molecule has 0 atom stereocenters. The van der Waals surface area contributed by atoms with Crippen LogP contribution in [0.15, 0.2) is 441 Å². The molecule has 18 aromatic carbocycles. The van der Waals surface area contributed by atoms with E-state index in [1.807, 2.05) is 114 Å². The number of hydrogen-bond donors (Lipinski definition) is 0. The predicted molar refractivity (Wildman–Crippen MR) is 577 cm³/mol. The van der Waals surface area contributed by atoms with Gasteiger partial charge in [0.2, 0.25) is 0 Å². The largest absolute Gasteiger partial charge is 0.455 e. The van der Waals surface area contributed by atoms with Crippen LogP contribution in [0.1, 0.15) is 74.9 Å². The summed E-state index contributed by atoms with van der Waals surface area (Å²) in [6, 6.07) is 155. The standard InChI is InChI=1S/C44H31NS.C43H30N2S.C42H29N3O/c1-44(2)37-23-21-32(25-36(37)42-38(44)24-22-35-34-15-9-10-16-41(34)46-43(35)42)28-17-19-29(20-18-28)33-26-39(30-11-5-3-6-12-30)45-40(27-33)31-13-7-4-8-14-31;1-43(2)35-23-21-31(25-34(35)40-36(43)24-22-33-32-15-9-10-16-39(32)46-41(33)40)27-17-19-30(20-18-27)42-44-37(28-11-5-3-6-12-28)26-38(45-42)29-13-7-4-8-14-29;1-42(2)34-23-21-30(25-33(34)37-35(42)24-22-32-31-15-9-10-16-36(31)46-38(32)37)26-17-19-29(20-18-26)41-44-39(27-11-5-3-6-12-27)43-40(45-41)28-13-7-4-8-14-28/h3-27H,1-2H3;3-26H,1-2H3;3-25H,1-2H3. The molecular weight excluding hydrogens is 1710 g/mol. The van der Waals surface area contributed by atoms with Crippen LogP contribution in [-0.4, -0.2) is 29.9 Å². The molecule has 0 N–H and O–H groups in total. The van der Waals surface area contributed by atoms with Crippen LogP contribution in [0.3, 0.4) is 0 Å². The lowest BCUT2D eigenvalue weighted by molar-refractivity contribution is 0.653. The van der Waals surface area contributed by atoms with E-state index in [0.717, 1.165) is 112 Å². The lowest BCUT2D eigenvalue weighted by atomic mass is 9.82. The van der Waals surface area contributed by atoms with Crippen molar-refractivity contribution in [3.8, 4) is 168 Å². The predicted octanol–water partition coefficient (Wildman–Crippen LogP) is 35.0. The Morgan fingerprint density at radius 2 is 0.464 bits per heavy atom. The summed E-state index contributed by atoms with van der Waals surface area (Å²) < 4.78 is 12.0. The van der Waals surface area contributed by atoms with Gasteiger partial charge in [-0.2, -0.15) is 0 Å². The Balaban J connectivity index is 0.000000110. The minimum Gasteiger partial charge on any atom is -0.455 e. The molecule has 654 valence electrons. The molecule has 0 aliphatic heterocycles. The molecule has 0 radical (unpaired) electrons. The van der Waals surface area contributed by atoms with E-state index in [1.54, 1.807) is 0 Å². The normalized spacial score (nSPS) is 13.2. The number of pyridine rings is 1. The van der Waals surface area contributed by atoms with Crippen molar-refractivity contribution in [2.24, 2.45) is 0 Å². The highest BCUT2D eigenvalue weighted by Crippen LogP contribution is 2.59. The molecule has 27 rings (SSSR count). The third-order valence-corrected chi connectivity index (χ3v) is 31.0. The molecule has 0 saturated carbocycles. The van der Waals surface area contributed by atoms with Gasteiger partial charge in [-0.3, -0.25) is 0 Å². The Morgan fingerprint density at radius 3 is 0.848 bits per heavy atom. The van der Waals surface area contributed by atoms with Crippen LogP contribution < -0.4 is 0 Å². The van der Waals surface area contributed by atoms with Crippen LogP contribution >= 0.6 is 22.7 Å². The van der Waals surface area contributed by atoms with E-state index < -0.39 is 0 Å². The van der Waals surface area contributed by atoms with E-state index in [1.165, 1.54) is 135 Å². The van der Waals surface area contributed by atoms with Gasteiger partial charge in [0.15, 0.2) is 23.3 Å². The molecule has 3 aliphatic rings. The van der Waals surface area contributed by atoms with Gasteiger partial charge in [-0.1, -0.05) is 424 Å². The molecule has 138 heavy (non-hydrogen) atoms. The molecule has 0 unspecified atom stereocenters. The highest BCUT2D eigenvalue weighted by atomic mass is 32.1. The smallest absolute Gasteiger partial charge is 0.164 e. The Hall–Kier alpha value is -16.6. The van der Waals surface area contributed by atoms with Crippen LogP contribution in [-0.2, 0) is 16.2 Å². The molecule has 24 aromatic rings. The zero-order valence-corrected chi connectivity index (χ0v) is 78.6. The topological polar surface area (TPSA) is 90.5 Å². The minimum atomic E-state index is -0.119. The lowest BCUT2D eigenvalue weighted by Crippen LogP contribution is -2.14. The van der Waals surface area contributed by atoms with Gasteiger partial charge < -0.3 is 4.42 Å². The van der Waals surface area contributed by atoms with Gasteiger partial charge in [-0.25, -0.2) is 29.9 Å². The maximum Gasteiger partial charge on any atom is 0.164 e. The maximum atomic E-state index is 6.52. The summed E-state index contributed by atoms with van der Waals surface area (Å²) in [5, 5.41) is 7.73. The summed E-state index contributed by atoms with van der Waals surface area (Å²) >= 11 is 3.84. The van der Waals surface area contributed by atoms with E-state index in [2.05, 4.69) is 387 Å². The second-order valence-corrected chi connectivity index (χ2v) is 40.0. The van der Waals surface area contributed by atoms with Gasteiger partial charge in [-0.05, 0) is 149 Å². The van der Waals surface area contributed by atoms with Gasteiger partial charge in [0, 0.05) is 129 Å². The fourth-order valence-corrected chi connectivity index (χ4v) is 23.8. The molecule has 0 fully saturated rings. The number of hydrogen-bond acceptors (Lipinski definition) is 9. The average molecular weight is 1800 g/mol. The van der Waals surface area contributed by atoms with Crippen LogP contribution in [0.5, 0.6) is 0 Å². The molecule has 0 amide bonds. The zero-order valence-electron chi connectivity index (χ0n) is 77.0. The van der Waals surface area contributed by atoms with Gasteiger partial charge in [0.1, 0.15) is 11.2 Å². The van der Waals surface area contributed by atoms with E-state index in [-0.39, 0.29) is 16.2 Å². The second-order valence-electron chi connectivity index (χ2n) is 37.9. The first kappa shape index (κ1) is 83.3. The van der Waals surface area contributed by atoms with Gasteiger partial charge in [0.25, 0.3) is 0 Å². The molecule has 0 saturated heterocycles. The van der Waals surface area contributed by atoms with Crippen molar-refractivity contribution in [3.63, 3.8) is 0 Å². The molecular formula is C129H90N6OS2. The summed E-state index contributed by atoms with van der Waals surface area (Å²) in [4.78, 5) is 29.8. The summed E-state index contributed by atoms with van der Waals surface area (Å²) in [7, 11) is 0. The first-order valence-corrected chi connectivity index (χ1v) is 48.9. The van der Waals surface area contributed by atoms with Crippen molar-refractivity contribution >= 4 is 85.0 Å². The molecule has 6 heterocycles. The lowest BCUT2D eigenvalue weighted by Gasteiger charge is -2.21. The number of thiophene rings is 2. The van der Waals surface area contributed by atoms with Crippen molar-refractivity contribution in [1.82, 2.24) is 29.9 Å². The average Bonchev–Trinajstić information content (AvgIpc) is 1.56. The molecule has 0 spiro atoms. The van der Waals surface area contributed by atoms with Crippen LogP contribution in [0.4, 0.5) is 0 Å². The Morgan fingerprint density at radius 1 is 0.188 bits per heavy atom. The first-order valence-electron chi connectivity index (χ1n) is 47.2. The number of para-hydroxylation sites is 1. The Labute approximate surface area is 809 Å². The van der Waals surface area contributed by atoms with E-state index in [4.69, 9.17) is 34.3 Å². The summed E-state index contributed by atoms with van der Waals surface area (Å²) in [5.41, 5.74) is 39.5. The number of nitrogens with zero attached hydrogens (tertiary/aromatic N) is 6. The monoisotopic (exact) mass is 1800 g/mol. The highest BCUT2D eigenvalue weighted by Gasteiger charge is 2.41. The molecule has 0 bridgehead atoms. The van der Waals surface area contributed by atoms with E-state index in [0.29, 0.717) is 17.5 Å². The molecule has 6 aromatic heterocycles. The summed E-state index contributed by atoms with van der Waals surface area (Å²) in [6.07, 6.45) is 0. The van der Waals surface area contributed by atoms with E-state index >= 15 is 0 Å². The quantitative estimate of drug-likeness (QED) is 0.120. The van der Waals surface area contributed by atoms with Gasteiger partial charge in [0.05, 0.1) is 22.8 Å². The number of furan rings is 1. The zero-order chi connectivity index (χ0) is 92.5. The van der Waals surface area contributed by atoms with Crippen molar-refractivity contribution in [2.45, 2.75) is 57.8 Å². The third-order valence-electron chi connectivity index (χ3n) is 28.6. The van der Waals surface area contributed by atoms with Crippen LogP contribution in [0.25, 0.3) is 231 Å². The van der Waals surface area contributed by atoms with E-state index in [9.17, 15) is 0 Å². The van der Waals surface area contributed by atoms with Crippen LogP contribution in [0.2, 0.25) is 0 Å². The van der Waals surface area contributed by atoms with Crippen molar-refractivity contribution in [2.75, 3.05) is 0 Å². The van der Waals surface area contributed by atoms with Gasteiger partial charge in [-0.15, -0.1) is 22.7 Å². The van der Waals surface area contributed by atoms with Gasteiger partial charge >= 0.3 is 0 Å². The number of aromatic nitrogens is 6. The maximum absolute atomic E-state index is 6.52. The van der Waals surface area contributed by atoms with Crippen molar-refractivity contribution in [1.29, 1.82) is 0 Å². The highest BCUT2D eigenvalue weighted by molar-refractivity contribution is 7.26. The van der Waals surface area contributed by atoms with Crippen molar-refractivity contribution < 1.29 is 4.42 Å². The summed E-state index contributed by atoms with van der Waals surface area (Å²) in [5.74, 6) is 2.69. The SMILES string of the molecule is CC1(C)c2ccc(-c3ccc(-c4cc(-c5ccccc5)nc(-c5ccccc5)c4)cc3)cc2-c2c1ccc1c2sc2ccccc21.CC1(C)c2ccc(-c3ccc(-c4nc(-c5ccccc5)cc(-c5ccccc5)n4)cc3)cc2-c2c1ccc1c2sc2ccccc21.CC1(C)c2ccc(-c3ccc(-c4nc(-c5ccccc5)nc(-c5ccccc5)n4)cc3)cc2-c2c1ccc1c2oc2ccccc21. The molecule has 7 nitrogen and oxygen atoms in total. The number of fused-ring (bicyclic) bond motifs is 21. The molecule has 3 aliphatic carbocycles. The summed E-state index contributed by atoms with van der Waals surface area (Å²) in [6.45, 7) is 14.1.